The van der Waals surface area contributed by atoms with Crippen LogP contribution in [0, 0.1) is 18.3 Å². The molecule has 4 aromatic rings. The fourth-order valence-electron chi connectivity index (χ4n) is 5.04. The SMILES string of the molecule is CCc1ccc(-n2nc3cc(C)c(N4C(N)=C(C#N)C(c5ccccc5)C(C(=O)OC)=C4C(=O)OC)cc3n2)cc1. The van der Waals surface area contributed by atoms with Crippen LogP contribution < -0.4 is 10.6 Å². The number of benzene rings is 3. The third-order valence-corrected chi connectivity index (χ3v) is 7.12. The number of aryl methyl sites for hydroxylation is 2. The van der Waals surface area contributed by atoms with E-state index in [1.54, 1.807) is 30.3 Å². The highest BCUT2D eigenvalue weighted by Gasteiger charge is 2.43. The van der Waals surface area contributed by atoms with Gasteiger partial charge in [0.05, 0.1) is 48.7 Å². The highest BCUT2D eigenvalue weighted by molar-refractivity contribution is 6.07. The number of fused-ring (bicyclic) bond motifs is 1. The van der Waals surface area contributed by atoms with Crippen molar-refractivity contribution >= 4 is 28.7 Å². The van der Waals surface area contributed by atoms with Gasteiger partial charge in [0, 0.05) is 0 Å². The fraction of sp³-hybridized carbons (Fsp3) is 0.194. The van der Waals surface area contributed by atoms with Crippen molar-refractivity contribution in [2.24, 2.45) is 5.73 Å². The molecule has 2 heterocycles. The molecule has 0 saturated carbocycles. The van der Waals surface area contributed by atoms with Gasteiger partial charge in [0.1, 0.15) is 22.6 Å². The average molecular weight is 549 g/mol. The van der Waals surface area contributed by atoms with Crippen LogP contribution >= 0.6 is 0 Å². The van der Waals surface area contributed by atoms with Gasteiger partial charge in [-0.15, -0.1) is 10.2 Å². The minimum atomic E-state index is -0.949. The van der Waals surface area contributed by atoms with E-state index in [9.17, 15) is 14.9 Å². The van der Waals surface area contributed by atoms with Crippen molar-refractivity contribution in [3.05, 3.63) is 106 Å². The second-order valence-corrected chi connectivity index (χ2v) is 9.47. The van der Waals surface area contributed by atoms with Gasteiger partial charge in [0.15, 0.2) is 0 Å². The molecule has 0 spiro atoms. The number of anilines is 1. The Morgan fingerprint density at radius 3 is 2.20 bits per heavy atom. The quantitative estimate of drug-likeness (QED) is 0.352. The number of hydrogen-bond acceptors (Lipinski definition) is 9. The van der Waals surface area contributed by atoms with Gasteiger partial charge >= 0.3 is 11.9 Å². The van der Waals surface area contributed by atoms with E-state index in [-0.39, 0.29) is 22.7 Å². The molecule has 0 aliphatic carbocycles. The zero-order chi connectivity index (χ0) is 29.3. The first-order valence-corrected chi connectivity index (χ1v) is 13.0. The molecule has 5 rings (SSSR count). The molecule has 206 valence electrons. The first kappa shape index (κ1) is 27.1. The normalized spacial score (nSPS) is 15.2. The van der Waals surface area contributed by atoms with Crippen LogP contribution in [0.25, 0.3) is 16.7 Å². The largest absolute Gasteiger partial charge is 0.466 e. The van der Waals surface area contributed by atoms with Gasteiger partial charge in [-0.3, -0.25) is 4.90 Å². The van der Waals surface area contributed by atoms with E-state index in [2.05, 4.69) is 23.2 Å². The van der Waals surface area contributed by atoms with Crippen LogP contribution in [0.2, 0.25) is 0 Å². The van der Waals surface area contributed by atoms with Crippen LogP contribution in [-0.2, 0) is 25.5 Å². The van der Waals surface area contributed by atoms with Gasteiger partial charge in [-0.25, -0.2) is 9.59 Å². The summed E-state index contributed by atoms with van der Waals surface area (Å²) in [6.45, 7) is 3.90. The molecule has 1 unspecified atom stereocenters. The molecule has 0 fully saturated rings. The van der Waals surface area contributed by atoms with Gasteiger partial charge < -0.3 is 15.2 Å². The standard InChI is InChI=1S/C31H28N6O4/c1-5-19-11-13-21(14-12-19)37-34-23-15-18(2)25(16-24(23)35-37)36-28(31(39)41-4)27(30(38)40-3)26(22(17-32)29(36)33)20-9-7-6-8-10-20/h6-16,26H,5,33H2,1-4H3. The van der Waals surface area contributed by atoms with Crippen molar-refractivity contribution in [3.8, 4) is 11.8 Å². The number of aromatic nitrogens is 3. The van der Waals surface area contributed by atoms with Crippen LogP contribution in [0.15, 0.2) is 89.4 Å². The number of methoxy groups -OCH3 is 2. The molecule has 1 aliphatic heterocycles. The number of allylic oxidation sites excluding steroid dienone is 1. The lowest BCUT2D eigenvalue weighted by Gasteiger charge is -2.36. The van der Waals surface area contributed by atoms with Gasteiger partial charge in [-0.1, -0.05) is 49.4 Å². The lowest BCUT2D eigenvalue weighted by atomic mass is 9.80. The summed E-state index contributed by atoms with van der Waals surface area (Å²) in [6.07, 6.45) is 0.918. The van der Waals surface area contributed by atoms with Crippen molar-refractivity contribution in [1.29, 1.82) is 5.26 Å². The number of esters is 2. The van der Waals surface area contributed by atoms with Crippen molar-refractivity contribution in [2.75, 3.05) is 19.1 Å². The van der Waals surface area contributed by atoms with E-state index >= 15 is 0 Å². The number of hydrogen-bond donors (Lipinski definition) is 1. The summed E-state index contributed by atoms with van der Waals surface area (Å²) in [4.78, 5) is 29.6. The molecule has 3 aromatic carbocycles. The summed E-state index contributed by atoms with van der Waals surface area (Å²) in [5.41, 5.74) is 11.4. The molecule has 1 atom stereocenters. The number of nitrogens with two attached hydrogens (primary N) is 1. The first-order valence-electron chi connectivity index (χ1n) is 13.0. The zero-order valence-electron chi connectivity index (χ0n) is 23.1. The highest BCUT2D eigenvalue weighted by Crippen LogP contribution is 2.44. The van der Waals surface area contributed by atoms with Crippen LogP contribution in [0.5, 0.6) is 0 Å². The van der Waals surface area contributed by atoms with E-state index < -0.39 is 17.9 Å². The second kappa shape index (κ2) is 11.0. The number of nitrogens with zero attached hydrogens (tertiary/aromatic N) is 5. The number of ether oxygens (including phenoxy) is 2. The number of carbonyl (C=O) groups is 2. The molecule has 0 saturated heterocycles. The maximum atomic E-state index is 13.4. The lowest BCUT2D eigenvalue weighted by molar-refractivity contribution is -0.139. The maximum absolute atomic E-state index is 13.4. The Hall–Kier alpha value is -5.43. The smallest absolute Gasteiger partial charge is 0.355 e. The summed E-state index contributed by atoms with van der Waals surface area (Å²) in [6, 6.07) is 22.5. The summed E-state index contributed by atoms with van der Waals surface area (Å²) in [5.74, 6) is -2.57. The molecular weight excluding hydrogens is 520 g/mol. The maximum Gasteiger partial charge on any atom is 0.355 e. The summed E-state index contributed by atoms with van der Waals surface area (Å²) >= 11 is 0. The van der Waals surface area contributed by atoms with Crippen molar-refractivity contribution in [2.45, 2.75) is 26.2 Å². The topological polar surface area (TPSA) is 136 Å². The Morgan fingerprint density at radius 1 is 0.976 bits per heavy atom. The van der Waals surface area contributed by atoms with Crippen LogP contribution in [0.3, 0.4) is 0 Å². The minimum Gasteiger partial charge on any atom is -0.466 e. The predicted molar refractivity (Wildman–Crippen MR) is 153 cm³/mol. The third kappa shape index (κ3) is 4.67. The molecule has 10 heteroatoms. The molecule has 2 N–H and O–H groups in total. The zero-order valence-corrected chi connectivity index (χ0v) is 23.1. The Labute approximate surface area is 236 Å². The first-order chi connectivity index (χ1) is 19.8. The Kier molecular flexibility index (Phi) is 7.27. The Balaban J connectivity index is 1.75. The Bertz CT molecular complexity index is 1760. The summed E-state index contributed by atoms with van der Waals surface area (Å²) in [7, 11) is 2.43. The van der Waals surface area contributed by atoms with E-state index in [1.807, 2.05) is 43.3 Å². The van der Waals surface area contributed by atoms with E-state index in [0.717, 1.165) is 12.1 Å². The monoisotopic (exact) mass is 548 g/mol. The minimum absolute atomic E-state index is 0.0144. The third-order valence-electron chi connectivity index (χ3n) is 7.12. The van der Waals surface area contributed by atoms with Gasteiger partial charge in [-0.2, -0.15) is 10.1 Å². The second-order valence-electron chi connectivity index (χ2n) is 9.47. The summed E-state index contributed by atoms with van der Waals surface area (Å²) < 4.78 is 10.3. The van der Waals surface area contributed by atoms with Crippen LogP contribution in [-0.4, -0.2) is 41.2 Å². The summed E-state index contributed by atoms with van der Waals surface area (Å²) in [5, 5.41) is 19.6. The van der Waals surface area contributed by atoms with E-state index in [1.165, 1.54) is 29.5 Å². The van der Waals surface area contributed by atoms with E-state index in [4.69, 9.17) is 15.2 Å². The average Bonchev–Trinajstić information content (AvgIpc) is 3.42. The highest BCUT2D eigenvalue weighted by atomic mass is 16.5. The fourth-order valence-corrected chi connectivity index (χ4v) is 5.04. The molecule has 0 bridgehead atoms. The van der Waals surface area contributed by atoms with Gasteiger partial charge in [0.2, 0.25) is 0 Å². The molecule has 1 aromatic heterocycles. The van der Waals surface area contributed by atoms with Crippen molar-refractivity contribution in [3.63, 3.8) is 0 Å². The van der Waals surface area contributed by atoms with E-state index in [0.29, 0.717) is 27.8 Å². The molecule has 0 amide bonds. The molecule has 0 radical (unpaired) electrons. The molecule has 1 aliphatic rings. The number of nitriles is 1. The predicted octanol–water partition coefficient (Wildman–Crippen LogP) is 4.19. The molecule has 10 nitrogen and oxygen atoms in total. The van der Waals surface area contributed by atoms with Crippen molar-refractivity contribution < 1.29 is 19.1 Å². The van der Waals surface area contributed by atoms with Crippen LogP contribution in [0.4, 0.5) is 5.69 Å². The Morgan fingerprint density at radius 2 is 1.61 bits per heavy atom. The molecule has 41 heavy (non-hydrogen) atoms. The molecular formula is C31H28N6O4. The van der Waals surface area contributed by atoms with Crippen LogP contribution in [0.1, 0.15) is 29.5 Å². The number of rotatable bonds is 6. The van der Waals surface area contributed by atoms with Gasteiger partial charge in [-0.05, 0) is 54.3 Å². The lowest BCUT2D eigenvalue weighted by Crippen LogP contribution is -2.41. The van der Waals surface area contributed by atoms with Crippen molar-refractivity contribution in [1.82, 2.24) is 15.0 Å². The number of carbonyl (C=O) groups excluding carboxylic acids is 2. The van der Waals surface area contributed by atoms with Gasteiger partial charge in [0.25, 0.3) is 0 Å².